The SMILES string of the molecule is CCNc1cc2c(nn1)CCN(C(=O)C1CC1c1cccnc1)C2. The first kappa shape index (κ1) is 15.1. The molecule has 2 aromatic rings. The molecule has 0 saturated heterocycles. The lowest BCUT2D eigenvalue weighted by atomic mass is 10.1. The van der Waals surface area contributed by atoms with Crippen LogP contribution in [0, 0.1) is 5.92 Å². The fourth-order valence-electron chi connectivity index (χ4n) is 3.45. The van der Waals surface area contributed by atoms with Crippen molar-refractivity contribution in [1.82, 2.24) is 20.1 Å². The Morgan fingerprint density at radius 2 is 2.33 bits per heavy atom. The second-order valence-corrected chi connectivity index (χ2v) is 6.48. The van der Waals surface area contributed by atoms with Crippen LogP contribution in [0.1, 0.15) is 36.1 Å². The number of amides is 1. The summed E-state index contributed by atoms with van der Waals surface area (Å²) in [7, 11) is 0. The van der Waals surface area contributed by atoms with Gasteiger partial charge in [-0.1, -0.05) is 6.07 Å². The van der Waals surface area contributed by atoms with Gasteiger partial charge in [0.25, 0.3) is 0 Å². The van der Waals surface area contributed by atoms with Crippen molar-refractivity contribution < 1.29 is 4.79 Å². The van der Waals surface area contributed by atoms with Crippen LogP contribution in [0.2, 0.25) is 0 Å². The van der Waals surface area contributed by atoms with Crippen molar-refractivity contribution in [2.24, 2.45) is 5.92 Å². The van der Waals surface area contributed by atoms with Crippen LogP contribution in [0.4, 0.5) is 5.82 Å². The van der Waals surface area contributed by atoms with Gasteiger partial charge < -0.3 is 10.2 Å². The normalized spacial score (nSPS) is 22.0. The van der Waals surface area contributed by atoms with Crippen molar-refractivity contribution in [3.05, 3.63) is 47.4 Å². The first-order valence-corrected chi connectivity index (χ1v) is 8.54. The average Bonchev–Trinajstić information content (AvgIpc) is 3.42. The van der Waals surface area contributed by atoms with E-state index in [1.54, 1.807) is 6.20 Å². The molecule has 1 saturated carbocycles. The molecule has 124 valence electrons. The van der Waals surface area contributed by atoms with Crippen molar-refractivity contribution in [2.75, 3.05) is 18.4 Å². The summed E-state index contributed by atoms with van der Waals surface area (Å²) in [5.74, 6) is 1.49. The highest BCUT2D eigenvalue weighted by Crippen LogP contribution is 2.48. The van der Waals surface area contributed by atoms with Crippen LogP contribution >= 0.6 is 0 Å². The van der Waals surface area contributed by atoms with Gasteiger partial charge in [0, 0.05) is 44.4 Å². The van der Waals surface area contributed by atoms with E-state index in [1.807, 2.05) is 30.2 Å². The second-order valence-electron chi connectivity index (χ2n) is 6.48. The van der Waals surface area contributed by atoms with E-state index in [0.29, 0.717) is 12.5 Å². The molecule has 4 rings (SSSR count). The third-order valence-corrected chi connectivity index (χ3v) is 4.83. The van der Waals surface area contributed by atoms with Crippen molar-refractivity contribution in [2.45, 2.75) is 32.2 Å². The minimum absolute atomic E-state index is 0.110. The topological polar surface area (TPSA) is 71.0 Å². The number of fused-ring (bicyclic) bond motifs is 1. The van der Waals surface area contributed by atoms with Gasteiger partial charge in [0.2, 0.25) is 5.91 Å². The zero-order valence-electron chi connectivity index (χ0n) is 13.8. The highest BCUT2D eigenvalue weighted by Gasteiger charge is 2.46. The number of hydrogen-bond acceptors (Lipinski definition) is 5. The summed E-state index contributed by atoms with van der Waals surface area (Å²) in [6.45, 7) is 4.21. The summed E-state index contributed by atoms with van der Waals surface area (Å²) >= 11 is 0. The van der Waals surface area contributed by atoms with E-state index >= 15 is 0 Å². The summed E-state index contributed by atoms with van der Waals surface area (Å²) < 4.78 is 0. The van der Waals surface area contributed by atoms with Crippen molar-refractivity contribution in [3.8, 4) is 0 Å². The number of nitrogens with zero attached hydrogens (tertiary/aromatic N) is 4. The molecular formula is C18H21N5O. The van der Waals surface area contributed by atoms with Gasteiger partial charge in [-0.25, -0.2) is 0 Å². The number of nitrogens with one attached hydrogen (secondary N) is 1. The molecule has 2 aliphatic rings. The lowest BCUT2D eigenvalue weighted by Crippen LogP contribution is -2.37. The first-order valence-electron chi connectivity index (χ1n) is 8.54. The van der Waals surface area contributed by atoms with Crippen molar-refractivity contribution in [1.29, 1.82) is 0 Å². The maximum atomic E-state index is 12.8. The van der Waals surface area contributed by atoms with Crippen LogP contribution < -0.4 is 5.32 Å². The molecule has 2 atom stereocenters. The lowest BCUT2D eigenvalue weighted by Gasteiger charge is -2.28. The molecule has 0 aromatic carbocycles. The Balaban J connectivity index is 1.45. The van der Waals surface area contributed by atoms with E-state index in [4.69, 9.17) is 0 Å². The molecule has 6 nitrogen and oxygen atoms in total. The molecule has 0 spiro atoms. The predicted molar refractivity (Wildman–Crippen MR) is 90.4 cm³/mol. The summed E-state index contributed by atoms with van der Waals surface area (Å²) in [6, 6.07) is 6.03. The van der Waals surface area contributed by atoms with Crippen LogP contribution in [-0.2, 0) is 17.8 Å². The summed E-state index contributed by atoms with van der Waals surface area (Å²) in [5, 5.41) is 11.7. The molecule has 1 N–H and O–H groups in total. The maximum Gasteiger partial charge on any atom is 0.226 e. The molecule has 2 unspecified atom stereocenters. The molecule has 0 radical (unpaired) electrons. The largest absolute Gasteiger partial charge is 0.369 e. The summed E-state index contributed by atoms with van der Waals surface area (Å²) in [6.07, 6.45) is 5.37. The fourth-order valence-corrected chi connectivity index (χ4v) is 3.45. The summed E-state index contributed by atoms with van der Waals surface area (Å²) in [4.78, 5) is 19.0. The summed E-state index contributed by atoms with van der Waals surface area (Å²) in [5.41, 5.74) is 3.30. The molecule has 1 aliphatic heterocycles. The smallest absolute Gasteiger partial charge is 0.226 e. The van der Waals surface area contributed by atoms with Crippen LogP contribution in [0.3, 0.4) is 0 Å². The number of aromatic nitrogens is 3. The van der Waals surface area contributed by atoms with E-state index in [1.165, 1.54) is 5.56 Å². The number of carbonyl (C=O) groups excluding carboxylic acids is 1. The standard InChI is InChI=1S/C18H21N5O/c1-2-20-17-8-13-11-23(7-5-16(13)21-22-17)18(24)15-9-14(15)12-4-3-6-19-10-12/h3-4,6,8,10,14-15H,2,5,7,9,11H2,1H3,(H,20,22). The van der Waals surface area contributed by atoms with Gasteiger partial charge in [0.05, 0.1) is 5.69 Å². The Morgan fingerprint density at radius 3 is 3.12 bits per heavy atom. The predicted octanol–water partition coefficient (Wildman–Crippen LogP) is 1.99. The Labute approximate surface area is 141 Å². The van der Waals surface area contributed by atoms with E-state index in [0.717, 1.165) is 43.0 Å². The van der Waals surface area contributed by atoms with Gasteiger partial charge in [-0.05, 0) is 42.5 Å². The van der Waals surface area contributed by atoms with Crippen LogP contribution in [-0.4, -0.2) is 39.1 Å². The highest BCUT2D eigenvalue weighted by molar-refractivity contribution is 5.83. The zero-order chi connectivity index (χ0) is 16.5. The number of pyridine rings is 1. The second kappa shape index (κ2) is 6.19. The quantitative estimate of drug-likeness (QED) is 0.932. The Hall–Kier alpha value is -2.50. The number of rotatable bonds is 4. The minimum atomic E-state index is 0.110. The molecule has 1 fully saturated rings. The Morgan fingerprint density at radius 1 is 1.42 bits per heavy atom. The van der Waals surface area contributed by atoms with E-state index in [-0.39, 0.29) is 11.8 Å². The van der Waals surface area contributed by atoms with E-state index < -0.39 is 0 Å². The average molecular weight is 323 g/mol. The van der Waals surface area contributed by atoms with Gasteiger partial charge >= 0.3 is 0 Å². The zero-order valence-corrected chi connectivity index (χ0v) is 13.8. The maximum absolute atomic E-state index is 12.8. The molecule has 3 heterocycles. The number of hydrogen-bond donors (Lipinski definition) is 1. The van der Waals surface area contributed by atoms with Gasteiger partial charge in [-0.2, -0.15) is 5.10 Å². The van der Waals surface area contributed by atoms with E-state index in [9.17, 15) is 4.79 Å². The van der Waals surface area contributed by atoms with E-state index in [2.05, 4.69) is 26.6 Å². The molecule has 1 aliphatic carbocycles. The third-order valence-electron chi connectivity index (χ3n) is 4.83. The Bertz CT molecular complexity index is 748. The molecule has 0 bridgehead atoms. The number of anilines is 1. The number of carbonyl (C=O) groups is 1. The van der Waals surface area contributed by atoms with Crippen molar-refractivity contribution >= 4 is 11.7 Å². The fraction of sp³-hybridized carbons (Fsp3) is 0.444. The lowest BCUT2D eigenvalue weighted by molar-refractivity contribution is -0.133. The van der Waals surface area contributed by atoms with Crippen LogP contribution in [0.25, 0.3) is 0 Å². The van der Waals surface area contributed by atoms with Crippen LogP contribution in [0.5, 0.6) is 0 Å². The van der Waals surface area contributed by atoms with Crippen molar-refractivity contribution in [3.63, 3.8) is 0 Å². The molecule has 1 amide bonds. The van der Waals surface area contributed by atoms with Gasteiger partial charge in [-0.15, -0.1) is 5.10 Å². The minimum Gasteiger partial charge on any atom is -0.369 e. The molecular weight excluding hydrogens is 302 g/mol. The third kappa shape index (κ3) is 2.84. The van der Waals surface area contributed by atoms with Gasteiger partial charge in [-0.3, -0.25) is 9.78 Å². The first-order chi connectivity index (χ1) is 11.8. The van der Waals surface area contributed by atoms with Gasteiger partial charge in [0.15, 0.2) is 0 Å². The van der Waals surface area contributed by atoms with Gasteiger partial charge in [0.1, 0.15) is 5.82 Å². The molecule has 24 heavy (non-hydrogen) atoms. The molecule has 2 aromatic heterocycles. The molecule has 6 heteroatoms. The highest BCUT2D eigenvalue weighted by atomic mass is 16.2. The van der Waals surface area contributed by atoms with Crippen LogP contribution in [0.15, 0.2) is 30.6 Å². The monoisotopic (exact) mass is 323 g/mol. The Kier molecular flexibility index (Phi) is 3.88.